The van der Waals surface area contributed by atoms with Crippen molar-refractivity contribution >= 4 is 15.9 Å². The van der Waals surface area contributed by atoms with Crippen molar-refractivity contribution < 1.29 is 9.47 Å². The maximum absolute atomic E-state index is 5.75. The van der Waals surface area contributed by atoms with Crippen LogP contribution in [0.15, 0.2) is 24.3 Å². The molecule has 0 atom stereocenters. The van der Waals surface area contributed by atoms with Crippen LogP contribution in [0.25, 0.3) is 0 Å². The van der Waals surface area contributed by atoms with Crippen molar-refractivity contribution in [2.75, 3.05) is 18.5 Å². The predicted octanol–water partition coefficient (Wildman–Crippen LogP) is 5.98. The Bertz CT molecular complexity index is 338. The molecule has 0 unspecified atom stereocenters. The van der Waals surface area contributed by atoms with Crippen LogP contribution in [0.2, 0.25) is 0 Å². The Hall–Kier alpha value is -0.700. The highest BCUT2D eigenvalue weighted by atomic mass is 79.9. The van der Waals surface area contributed by atoms with E-state index in [1.807, 2.05) is 24.3 Å². The summed E-state index contributed by atoms with van der Waals surface area (Å²) in [5.74, 6) is 1.87. The molecule has 0 heterocycles. The van der Waals surface area contributed by atoms with Crippen molar-refractivity contribution in [3.63, 3.8) is 0 Å². The summed E-state index contributed by atoms with van der Waals surface area (Å²) in [5, 5.41) is 1.04. The van der Waals surface area contributed by atoms with Crippen LogP contribution in [0.4, 0.5) is 0 Å². The first kappa shape index (κ1) is 18.3. The van der Waals surface area contributed by atoms with Gasteiger partial charge < -0.3 is 9.47 Å². The highest BCUT2D eigenvalue weighted by molar-refractivity contribution is 9.09. The van der Waals surface area contributed by atoms with E-state index in [0.717, 1.165) is 49.3 Å². The number of alkyl halides is 1. The monoisotopic (exact) mass is 356 g/mol. The van der Waals surface area contributed by atoms with E-state index in [9.17, 15) is 0 Å². The largest absolute Gasteiger partial charge is 0.494 e. The molecule has 120 valence electrons. The third-order valence-electron chi connectivity index (χ3n) is 3.39. The SMILES string of the molecule is CCCCCCCCOc1ccc(OCCCCBr)cc1. The van der Waals surface area contributed by atoms with Gasteiger partial charge in [-0.15, -0.1) is 0 Å². The van der Waals surface area contributed by atoms with Crippen LogP contribution in [0, 0.1) is 0 Å². The topological polar surface area (TPSA) is 18.5 Å². The molecule has 1 aromatic carbocycles. The molecule has 0 saturated heterocycles. The molecule has 1 aromatic rings. The lowest BCUT2D eigenvalue weighted by molar-refractivity contribution is 0.298. The van der Waals surface area contributed by atoms with Gasteiger partial charge in [0.1, 0.15) is 11.5 Å². The maximum atomic E-state index is 5.75. The first-order chi connectivity index (χ1) is 10.4. The second kappa shape index (κ2) is 13.0. The Morgan fingerprint density at radius 2 is 1.19 bits per heavy atom. The van der Waals surface area contributed by atoms with E-state index in [1.165, 1.54) is 32.1 Å². The third kappa shape index (κ3) is 9.78. The van der Waals surface area contributed by atoms with E-state index in [0.29, 0.717) is 0 Å². The van der Waals surface area contributed by atoms with Crippen molar-refractivity contribution in [2.24, 2.45) is 0 Å². The van der Waals surface area contributed by atoms with Crippen LogP contribution in [0.3, 0.4) is 0 Å². The van der Waals surface area contributed by atoms with E-state index in [2.05, 4.69) is 22.9 Å². The van der Waals surface area contributed by atoms with E-state index in [1.54, 1.807) is 0 Å². The molecule has 0 saturated carbocycles. The van der Waals surface area contributed by atoms with Gasteiger partial charge >= 0.3 is 0 Å². The highest BCUT2D eigenvalue weighted by Gasteiger charge is 1.97. The van der Waals surface area contributed by atoms with Gasteiger partial charge in [0.25, 0.3) is 0 Å². The van der Waals surface area contributed by atoms with Crippen molar-refractivity contribution in [1.82, 2.24) is 0 Å². The lowest BCUT2D eigenvalue weighted by atomic mass is 10.1. The van der Waals surface area contributed by atoms with Gasteiger partial charge in [0.2, 0.25) is 0 Å². The van der Waals surface area contributed by atoms with E-state index < -0.39 is 0 Å². The third-order valence-corrected chi connectivity index (χ3v) is 3.95. The minimum atomic E-state index is 0.781. The van der Waals surface area contributed by atoms with Crippen LogP contribution in [-0.4, -0.2) is 18.5 Å². The summed E-state index contributed by atoms with van der Waals surface area (Å²) in [6.07, 6.45) is 10.0. The Morgan fingerprint density at radius 3 is 1.71 bits per heavy atom. The van der Waals surface area contributed by atoms with Crippen molar-refractivity contribution in [3.05, 3.63) is 24.3 Å². The van der Waals surface area contributed by atoms with Gasteiger partial charge in [-0.25, -0.2) is 0 Å². The zero-order valence-electron chi connectivity index (χ0n) is 13.3. The lowest BCUT2D eigenvalue weighted by Gasteiger charge is -2.08. The van der Waals surface area contributed by atoms with Gasteiger partial charge in [-0.2, -0.15) is 0 Å². The number of halogens is 1. The quantitative estimate of drug-likeness (QED) is 0.319. The van der Waals surface area contributed by atoms with Crippen molar-refractivity contribution in [1.29, 1.82) is 0 Å². The lowest BCUT2D eigenvalue weighted by Crippen LogP contribution is -1.99. The molecule has 0 aliphatic carbocycles. The number of unbranched alkanes of at least 4 members (excludes halogenated alkanes) is 6. The molecular weight excluding hydrogens is 328 g/mol. The van der Waals surface area contributed by atoms with Crippen LogP contribution < -0.4 is 9.47 Å². The predicted molar refractivity (Wildman–Crippen MR) is 93.8 cm³/mol. The zero-order chi connectivity index (χ0) is 15.2. The van der Waals surface area contributed by atoms with Gasteiger partial charge in [0.15, 0.2) is 0 Å². The fourth-order valence-electron chi connectivity index (χ4n) is 2.09. The standard InChI is InChI=1S/C18H29BrO2/c1-2-3-4-5-6-8-15-20-17-10-12-18(13-11-17)21-16-9-7-14-19/h10-13H,2-9,14-16H2,1H3. The van der Waals surface area contributed by atoms with Gasteiger partial charge in [-0.05, 0) is 43.5 Å². The summed E-state index contributed by atoms with van der Waals surface area (Å²) in [6, 6.07) is 7.98. The van der Waals surface area contributed by atoms with Gasteiger partial charge in [0, 0.05) is 5.33 Å². The first-order valence-corrected chi connectivity index (χ1v) is 9.40. The fourth-order valence-corrected chi connectivity index (χ4v) is 2.49. The minimum Gasteiger partial charge on any atom is -0.494 e. The number of ether oxygens (including phenoxy) is 2. The molecular formula is C18H29BrO2. The smallest absolute Gasteiger partial charge is 0.119 e. The Kier molecular flexibility index (Phi) is 11.4. The fraction of sp³-hybridized carbons (Fsp3) is 0.667. The summed E-state index contributed by atoms with van der Waals surface area (Å²) < 4.78 is 11.4. The molecule has 0 bridgehead atoms. The summed E-state index contributed by atoms with van der Waals surface area (Å²) in [7, 11) is 0. The minimum absolute atomic E-state index is 0.781. The summed E-state index contributed by atoms with van der Waals surface area (Å²) in [6.45, 7) is 3.85. The average molecular weight is 357 g/mol. The maximum Gasteiger partial charge on any atom is 0.119 e. The normalized spacial score (nSPS) is 10.6. The van der Waals surface area contributed by atoms with Gasteiger partial charge in [0.05, 0.1) is 13.2 Å². The van der Waals surface area contributed by atoms with Crippen LogP contribution in [-0.2, 0) is 0 Å². The molecule has 21 heavy (non-hydrogen) atoms. The second-order valence-corrected chi connectivity index (χ2v) is 6.13. The summed E-state index contributed by atoms with van der Waals surface area (Å²) >= 11 is 3.42. The average Bonchev–Trinajstić information content (AvgIpc) is 2.52. The molecule has 0 aromatic heterocycles. The van der Waals surface area contributed by atoms with E-state index in [-0.39, 0.29) is 0 Å². The number of hydrogen-bond acceptors (Lipinski definition) is 2. The van der Waals surface area contributed by atoms with Crippen LogP contribution in [0.5, 0.6) is 11.5 Å². The summed E-state index contributed by atoms with van der Waals surface area (Å²) in [4.78, 5) is 0. The van der Waals surface area contributed by atoms with Crippen molar-refractivity contribution in [3.8, 4) is 11.5 Å². The summed E-state index contributed by atoms with van der Waals surface area (Å²) in [5.41, 5.74) is 0. The number of hydrogen-bond donors (Lipinski definition) is 0. The van der Waals surface area contributed by atoms with Gasteiger partial charge in [-0.3, -0.25) is 0 Å². The van der Waals surface area contributed by atoms with Crippen LogP contribution in [0.1, 0.15) is 58.3 Å². The molecule has 0 aliphatic rings. The zero-order valence-corrected chi connectivity index (χ0v) is 14.9. The molecule has 1 rings (SSSR count). The Labute approximate surface area is 138 Å². The second-order valence-electron chi connectivity index (χ2n) is 5.33. The highest BCUT2D eigenvalue weighted by Crippen LogP contribution is 2.18. The molecule has 0 spiro atoms. The molecule has 2 nitrogen and oxygen atoms in total. The van der Waals surface area contributed by atoms with Gasteiger partial charge in [-0.1, -0.05) is 55.0 Å². The van der Waals surface area contributed by atoms with Crippen LogP contribution >= 0.6 is 15.9 Å². The van der Waals surface area contributed by atoms with E-state index >= 15 is 0 Å². The first-order valence-electron chi connectivity index (χ1n) is 8.28. The van der Waals surface area contributed by atoms with E-state index in [4.69, 9.17) is 9.47 Å². The molecule has 0 N–H and O–H groups in total. The van der Waals surface area contributed by atoms with Crippen molar-refractivity contribution in [2.45, 2.75) is 58.3 Å². The molecule has 0 aliphatic heterocycles. The molecule has 0 amide bonds. The Balaban J connectivity index is 2.07. The number of rotatable bonds is 13. The molecule has 3 heteroatoms. The number of benzene rings is 1. The molecule has 0 fully saturated rings. The molecule has 0 radical (unpaired) electrons. The Morgan fingerprint density at radius 1 is 0.714 bits per heavy atom.